The van der Waals surface area contributed by atoms with Crippen LogP contribution in [0, 0.1) is 0 Å². The molecule has 0 amide bonds. The van der Waals surface area contributed by atoms with Gasteiger partial charge < -0.3 is 4.90 Å². The zero-order chi connectivity index (χ0) is 44.3. The van der Waals surface area contributed by atoms with Gasteiger partial charge >= 0.3 is 0 Å². The molecule has 0 fully saturated rings. The van der Waals surface area contributed by atoms with Gasteiger partial charge in [0.15, 0.2) is 0 Å². The highest BCUT2D eigenvalue weighted by Gasteiger charge is 2.38. The molecular formula is C63H51NS. The van der Waals surface area contributed by atoms with Gasteiger partial charge in [0.25, 0.3) is 0 Å². The first-order chi connectivity index (χ1) is 31.3. The topological polar surface area (TPSA) is 3.24 Å². The molecule has 2 heteroatoms. The van der Waals surface area contributed by atoms with Crippen LogP contribution < -0.4 is 4.90 Å². The smallest absolute Gasteiger partial charge is 0.0476 e. The van der Waals surface area contributed by atoms with Gasteiger partial charge in [0.2, 0.25) is 0 Å². The highest BCUT2D eigenvalue weighted by Crippen LogP contribution is 2.54. The van der Waals surface area contributed by atoms with E-state index < -0.39 is 0 Å². The minimum atomic E-state index is -0.104. The van der Waals surface area contributed by atoms with Crippen LogP contribution >= 0.6 is 11.3 Å². The SMILES string of the molecule is C/C(=C(/C)c1ccc2c(c1)sc1cc(N(c3ccc4c(c3)-c3ccccc3C4(C)C)c3ccc4c(c3)C(C)(C)c3ccccc3-4)ccc12)c1cc2c3c(ccc4cccc(c43)C2(C)C)c1. The Morgan fingerprint density at radius 1 is 0.369 bits per heavy atom. The molecule has 0 radical (unpaired) electrons. The van der Waals surface area contributed by atoms with Crippen LogP contribution in [-0.4, -0.2) is 0 Å². The van der Waals surface area contributed by atoms with E-state index in [0.717, 1.165) is 0 Å². The van der Waals surface area contributed by atoms with Crippen molar-refractivity contribution in [1.82, 2.24) is 0 Å². The molecule has 0 saturated heterocycles. The summed E-state index contributed by atoms with van der Waals surface area (Å²) in [6.07, 6.45) is 0. The Morgan fingerprint density at radius 2 is 0.908 bits per heavy atom. The van der Waals surface area contributed by atoms with E-state index in [1.807, 2.05) is 11.3 Å². The fourth-order valence-corrected chi connectivity index (χ4v) is 13.5. The Labute approximate surface area is 386 Å². The van der Waals surface area contributed by atoms with Crippen molar-refractivity contribution in [1.29, 1.82) is 0 Å². The van der Waals surface area contributed by atoms with Crippen LogP contribution in [0.4, 0.5) is 17.1 Å². The van der Waals surface area contributed by atoms with Crippen molar-refractivity contribution in [2.75, 3.05) is 4.90 Å². The van der Waals surface area contributed by atoms with Crippen molar-refractivity contribution in [3.05, 3.63) is 208 Å². The van der Waals surface area contributed by atoms with Crippen LogP contribution in [0.25, 0.3) is 75.1 Å². The Hall–Kier alpha value is -6.74. The lowest BCUT2D eigenvalue weighted by Crippen LogP contribution is -2.17. The van der Waals surface area contributed by atoms with Gasteiger partial charge in [-0.05, 0) is 168 Å². The van der Waals surface area contributed by atoms with Crippen LogP contribution in [0.1, 0.15) is 99.9 Å². The van der Waals surface area contributed by atoms with Gasteiger partial charge in [-0.15, -0.1) is 11.3 Å². The third-order valence-electron chi connectivity index (χ3n) is 16.1. The number of hydrogen-bond acceptors (Lipinski definition) is 2. The highest BCUT2D eigenvalue weighted by molar-refractivity contribution is 7.25. The van der Waals surface area contributed by atoms with E-state index in [0.29, 0.717) is 0 Å². The van der Waals surface area contributed by atoms with Gasteiger partial charge in [0, 0.05) is 53.5 Å². The van der Waals surface area contributed by atoms with Crippen LogP contribution in [0.5, 0.6) is 0 Å². The molecule has 3 aliphatic rings. The quantitative estimate of drug-likeness (QED) is 0.123. The summed E-state index contributed by atoms with van der Waals surface area (Å²) in [5, 5.41) is 8.15. The van der Waals surface area contributed by atoms with E-state index in [1.165, 1.54) is 137 Å². The fourth-order valence-electron chi connectivity index (χ4n) is 12.3. The summed E-state index contributed by atoms with van der Waals surface area (Å²) in [6, 6.07) is 62.8. The predicted molar refractivity (Wildman–Crippen MR) is 281 cm³/mol. The lowest BCUT2D eigenvalue weighted by Gasteiger charge is -2.29. The molecule has 1 heterocycles. The molecule has 0 aliphatic heterocycles. The maximum Gasteiger partial charge on any atom is 0.0476 e. The van der Waals surface area contributed by atoms with E-state index in [4.69, 9.17) is 0 Å². The molecule has 0 N–H and O–H groups in total. The molecule has 1 aromatic heterocycles. The number of anilines is 3. The summed E-state index contributed by atoms with van der Waals surface area (Å²) in [7, 11) is 0. The van der Waals surface area contributed by atoms with Crippen LogP contribution in [0.15, 0.2) is 164 Å². The van der Waals surface area contributed by atoms with E-state index in [2.05, 4.69) is 224 Å². The number of thiophene rings is 1. The Bertz CT molecular complexity index is 3770. The zero-order valence-electron chi connectivity index (χ0n) is 38.4. The van der Waals surface area contributed by atoms with Gasteiger partial charge in [-0.1, -0.05) is 151 Å². The standard InChI is InChI=1S/C63H51NS/c1-36(37(2)41-30-40-21-20-38-14-13-19-54-59(38)60(40)56(31-41)63(54,7)8)39-22-26-48-49-28-24-44(35-58(49)65-57(48)32-39)64(42-25-29-53-50(33-42)46-16-10-12-18-52(46)61(53,3)4)43-23-27-47-45-15-9-11-17-51(45)62(5,6)55(47)34-43/h9-35H,1-8H3/b37-36+. The molecule has 13 rings (SSSR count). The summed E-state index contributed by atoms with van der Waals surface area (Å²) < 4.78 is 2.61. The third kappa shape index (κ3) is 5.26. The molecule has 0 atom stereocenters. The first-order valence-corrected chi connectivity index (χ1v) is 24.1. The molecule has 0 spiro atoms. The molecule has 0 unspecified atom stereocenters. The molecular weight excluding hydrogens is 803 g/mol. The monoisotopic (exact) mass is 853 g/mol. The fraction of sp³-hybridized carbons (Fsp3) is 0.175. The maximum atomic E-state index is 2.50. The van der Waals surface area contributed by atoms with Gasteiger partial charge in [-0.2, -0.15) is 0 Å². The molecule has 3 aliphatic carbocycles. The third-order valence-corrected chi connectivity index (χ3v) is 17.2. The molecule has 0 bridgehead atoms. The number of benzene rings is 9. The summed E-state index contributed by atoms with van der Waals surface area (Å²) in [5.74, 6) is 0. The first-order valence-electron chi connectivity index (χ1n) is 23.2. The van der Waals surface area contributed by atoms with E-state index >= 15 is 0 Å². The predicted octanol–water partition coefficient (Wildman–Crippen LogP) is 18.0. The van der Waals surface area contributed by atoms with E-state index in [9.17, 15) is 0 Å². The zero-order valence-corrected chi connectivity index (χ0v) is 39.3. The minimum absolute atomic E-state index is 0.0398. The van der Waals surface area contributed by atoms with Crippen LogP contribution in [0.2, 0.25) is 0 Å². The lowest BCUT2D eigenvalue weighted by atomic mass is 9.80. The molecule has 0 saturated carbocycles. The number of nitrogens with zero attached hydrogens (tertiary/aromatic N) is 1. The summed E-state index contributed by atoms with van der Waals surface area (Å²) in [4.78, 5) is 2.50. The Kier molecular flexibility index (Phi) is 7.85. The van der Waals surface area contributed by atoms with Crippen molar-refractivity contribution in [2.45, 2.75) is 71.6 Å². The molecule has 9 aromatic carbocycles. The van der Waals surface area contributed by atoms with Crippen molar-refractivity contribution < 1.29 is 0 Å². The summed E-state index contributed by atoms with van der Waals surface area (Å²) in [6.45, 7) is 18.9. The summed E-state index contributed by atoms with van der Waals surface area (Å²) >= 11 is 1.91. The second-order valence-electron chi connectivity index (χ2n) is 20.6. The highest BCUT2D eigenvalue weighted by atomic mass is 32.1. The summed E-state index contributed by atoms with van der Waals surface area (Å²) in [5.41, 5.74) is 22.4. The normalized spacial score (nSPS) is 16.0. The van der Waals surface area contributed by atoms with Crippen molar-refractivity contribution in [2.24, 2.45) is 0 Å². The minimum Gasteiger partial charge on any atom is -0.310 e. The molecule has 314 valence electrons. The average molecular weight is 854 g/mol. The Morgan fingerprint density at radius 3 is 1.69 bits per heavy atom. The van der Waals surface area contributed by atoms with Crippen LogP contribution in [-0.2, 0) is 16.2 Å². The number of rotatable bonds is 5. The van der Waals surface area contributed by atoms with Crippen molar-refractivity contribution in [3.8, 4) is 22.3 Å². The molecule has 10 aromatic rings. The van der Waals surface area contributed by atoms with Crippen molar-refractivity contribution >= 4 is 81.3 Å². The first kappa shape index (κ1) is 38.7. The number of hydrogen-bond donors (Lipinski definition) is 0. The number of allylic oxidation sites excluding steroid dienone is 2. The van der Waals surface area contributed by atoms with Gasteiger partial charge in [0.05, 0.1) is 0 Å². The van der Waals surface area contributed by atoms with Gasteiger partial charge in [0.1, 0.15) is 0 Å². The van der Waals surface area contributed by atoms with Gasteiger partial charge in [-0.25, -0.2) is 0 Å². The Balaban J connectivity index is 0.929. The maximum absolute atomic E-state index is 2.50. The van der Waals surface area contributed by atoms with Crippen LogP contribution in [0.3, 0.4) is 0 Å². The molecule has 65 heavy (non-hydrogen) atoms. The van der Waals surface area contributed by atoms with Crippen molar-refractivity contribution in [3.63, 3.8) is 0 Å². The largest absolute Gasteiger partial charge is 0.310 e. The molecule has 1 nitrogen and oxygen atoms in total. The van der Waals surface area contributed by atoms with E-state index in [-0.39, 0.29) is 16.2 Å². The number of fused-ring (bicyclic) bond motifs is 9. The second kappa shape index (κ2) is 13.2. The second-order valence-corrected chi connectivity index (χ2v) is 21.7. The lowest BCUT2D eigenvalue weighted by molar-refractivity contribution is 0.660. The van der Waals surface area contributed by atoms with Gasteiger partial charge in [-0.3, -0.25) is 0 Å². The van der Waals surface area contributed by atoms with E-state index in [1.54, 1.807) is 0 Å². The average Bonchev–Trinajstić information content (AvgIpc) is 3.96.